The van der Waals surface area contributed by atoms with Crippen LogP contribution in [0.5, 0.6) is 0 Å². The number of sulfonamides is 1. The van der Waals surface area contributed by atoms with E-state index in [4.69, 9.17) is 0 Å². The number of fused-ring (bicyclic) bond motifs is 3. The molecule has 1 aliphatic carbocycles. The number of hydrogen-bond acceptors (Lipinski definition) is 7. The SMILES string of the molecule is CN(C)CCC=C1c2ccccc2C=Cc2ccccc21.Cc1cnc(NC(=O)C2=C(O)c3ccccc3S(=O)(=O)N2C)s1.Cl. The molecule has 0 saturated heterocycles. The first kappa shape index (κ1) is 33.7. The third-order valence-corrected chi connectivity index (χ3v) is 9.89. The van der Waals surface area contributed by atoms with Crippen molar-refractivity contribution < 1.29 is 18.3 Å². The molecule has 11 heteroatoms. The van der Waals surface area contributed by atoms with E-state index in [-0.39, 0.29) is 34.3 Å². The number of hydrogen-bond donors (Lipinski definition) is 2. The Morgan fingerprint density at radius 1 is 0.956 bits per heavy atom. The van der Waals surface area contributed by atoms with Crippen molar-refractivity contribution in [2.45, 2.75) is 18.2 Å². The van der Waals surface area contributed by atoms with Crippen LogP contribution < -0.4 is 5.32 Å². The van der Waals surface area contributed by atoms with Crippen LogP contribution in [-0.4, -0.2) is 61.3 Å². The van der Waals surface area contributed by atoms with Gasteiger partial charge in [0.05, 0.1) is 4.90 Å². The topological polar surface area (TPSA) is 103 Å². The molecule has 0 bridgehead atoms. The summed E-state index contributed by atoms with van der Waals surface area (Å²) < 4.78 is 25.8. The average Bonchev–Trinajstić information content (AvgIpc) is 3.34. The van der Waals surface area contributed by atoms with E-state index in [1.807, 2.05) is 6.92 Å². The molecule has 1 amide bonds. The number of carbonyl (C=O) groups excluding carboxylic acids is 1. The van der Waals surface area contributed by atoms with E-state index < -0.39 is 15.9 Å². The second kappa shape index (κ2) is 14.3. The van der Waals surface area contributed by atoms with Gasteiger partial charge < -0.3 is 10.0 Å². The molecule has 0 unspecified atom stereocenters. The predicted molar refractivity (Wildman–Crippen MR) is 186 cm³/mol. The molecule has 0 saturated carbocycles. The summed E-state index contributed by atoms with van der Waals surface area (Å²) in [6.07, 6.45) is 9.47. The molecule has 2 heterocycles. The summed E-state index contributed by atoms with van der Waals surface area (Å²) in [4.78, 5) is 19.5. The molecule has 6 rings (SSSR count). The van der Waals surface area contributed by atoms with Gasteiger partial charge in [0.1, 0.15) is 0 Å². The van der Waals surface area contributed by atoms with Gasteiger partial charge in [-0.15, -0.1) is 23.7 Å². The van der Waals surface area contributed by atoms with Crippen molar-refractivity contribution in [3.05, 3.63) is 123 Å². The fourth-order valence-corrected chi connectivity index (χ4v) is 7.10. The van der Waals surface area contributed by atoms with Gasteiger partial charge >= 0.3 is 0 Å². The van der Waals surface area contributed by atoms with Gasteiger partial charge in [0.25, 0.3) is 15.9 Å². The second-order valence-electron chi connectivity index (χ2n) is 10.6. The van der Waals surface area contributed by atoms with Gasteiger partial charge in [-0.2, -0.15) is 0 Å². The smallest absolute Gasteiger partial charge is 0.278 e. The molecule has 45 heavy (non-hydrogen) atoms. The third kappa shape index (κ3) is 7.20. The summed E-state index contributed by atoms with van der Waals surface area (Å²) in [6, 6.07) is 23.3. The zero-order chi connectivity index (χ0) is 31.4. The van der Waals surface area contributed by atoms with Gasteiger partial charge in [0.15, 0.2) is 16.6 Å². The lowest BCUT2D eigenvalue weighted by Crippen LogP contribution is -2.37. The number of rotatable bonds is 5. The normalized spacial score (nSPS) is 14.2. The van der Waals surface area contributed by atoms with Crippen LogP contribution in [0, 0.1) is 6.92 Å². The van der Waals surface area contributed by atoms with Crippen LogP contribution in [0.2, 0.25) is 0 Å². The molecule has 1 aliphatic heterocycles. The van der Waals surface area contributed by atoms with Crippen LogP contribution in [-0.2, 0) is 14.8 Å². The molecule has 2 N–H and O–H groups in total. The number of anilines is 1. The third-order valence-electron chi connectivity index (χ3n) is 7.25. The summed E-state index contributed by atoms with van der Waals surface area (Å²) in [5.41, 5.74) is 6.38. The highest BCUT2D eigenvalue weighted by molar-refractivity contribution is 7.89. The van der Waals surface area contributed by atoms with Crippen molar-refractivity contribution in [2.75, 3.05) is 33.0 Å². The molecule has 2 aliphatic rings. The Morgan fingerprint density at radius 3 is 2.07 bits per heavy atom. The van der Waals surface area contributed by atoms with E-state index in [2.05, 4.69) is 96.1 Å². The Hall–Kier alpha value is -4.22. The summed E-state index contributed by atoms with van der Waals surface area (Å²) in [5, 5.41) is 13.2. The molecular formula is C34H35ClN4O4S2. The van der Waals surface area contributed by atoms with Crippen LogP contribution in [0.3, 0.4) is 0 Å². The van der Waals surface area contributed by atoms with Gasteiger partial charge in [-0.05, 0) is 67.4 Å². The summed E-state index contributed by atoms with van der Waals surface area (Å²) in [5.74, 6) is -1.12. The number of amides is 1. The number of carbonyl (C=O) groups is 1. The van der Waals surface area contributed by atoms with Crippen molar-refractivity contribution >= 4 is 68.3 Å². The first-order chi connectivity index (χ1) is 21.1. The van der Waals surface area contributed by atoms with Crippen LogP contribution in [0.15, 0.2) is 95.7 Å². The molecule has 0 fully saturated rings. The monoisotopic (exact) mass is 662 g/mol. The second-order valence-corrected chi connectivity index (χ2v) is 13.8. The molecule has 0 atom stereocenters. The number of nitrogens with one attached hydrogen (secondary N) is 1. The first-order valence-corrected chi connectivity index (χ1v) is 16.3. The highest BCUT2D eigenvalue weighted by atomic mass is 35.5. The Bertz CT molecular complexity index is 1860. The van der Waals surface area contributed by atoms with Gasteiger partial charge in [0, 0.05) is 30.2 Å². The van der Waals surface area contributed by atoms with Gasteiger partial charge in [-0.1, -0.05) is 78.9 Å². The fourth-order valence-electron chi connectivity index (χ4n) is 5.04. The minimum absolute atomic E-state index is 0. The van der Waals surface area contributed by atoms with Crippen molar-refractivity contribution in [2.24, 2.45) is 0 Å². The minimum Gasteiger partial charge on any atom is -0.505 e. The Balaban J connectivity index is 0.000000201. The number of likely N-dealkylation sites (N-methyl/N-ethyl adjacent to an activating group) is 1. The lowest BCUT2D eigenvalue weighted by atomic mass is 9.93. The van der Waals surface area contributed by atoms with Crippen LogP contribution in [0.4, 0.5) is 5.13 Å². The van der Waals surface area contributed by atoms with E-state index in [9.17, 15) is 18.3 Å². The lowest BCUT2D eigenvalue weighted by molar-refractivity contribution is -0.113. The van der Waals surface area contributed by atoms with Crippen molar-refractivity contribution in [1.82, 2.24) is 14.2 Å². The molecule has 1 aromatic heterocycles. The fraction of sp³-hybridized carbons (Fsp3) is 0.176. The molecule has 3 aromatic carbocycles. The maximum atomic E-state index is 12.5. The van der Waals surface area contributed by atoms with Crippen LogP contribution in [0.1, 0.15) is 39.1 Å². The number of halogens is 1. The highest BCUT2D eigenvalue weighted by Crippen LogP contribution is 2.35. The Labute approximate surface area is 274 Å². The van der Waals surface area contributed by atoms with Crippen LogP contribution in [0.25, 0.3) is 23.5 Å². The number of aromatic nitrogens is 1. The molecule has 4 aromatic rings. The number of aliphatic hydroxyl groups excluding tert-OH is 1. The molecule has 234 valence electrons. The Morgan fingerprint density at radius 2 is 1.51 bits per heavy atom. The average molecular weight is 663 g/mol. The first-order valence-electron chi connectivity index (χ1n) is 14.0. The zero-order valence-corrected chi connectivity index (χ0v) is 27.8. The van der Waals surface area contributed by atoms with E-state index in [0.717, 1.165) is 22.1 Å². The standard InChI is InChI=1S/C20H21N.C14H13N3O4S2.ClH/c1-21(2)15-7-12-20-18-10-5-3-8-16(18)13-14-17-9-4-6-11-19(17)20;1-8-7-15-14(22-8)16-13(19)11-12(18)9-5-3-4-6-10(9)23(20,21)17(11)2;/h3-6,8-14H,7,15H2,1-2H3;3-7,18H,1-2H3,(H,15,16,19);1H. The number of benzene rings is 3. The number of aryl methyl sites for hydroxylation is 1. The van der Waals surface area contributed by atoms with Crippen LogP contribution >= 0.6 is 23.7 Å². The molecular weight excluding hydrogens is 628 g/mol. The van der Waals surface area contributed by atoms with E-state index >= 15 is 0 Å². The highest BCUT2D eigenvalue weighted by Gasteiger charge is 2.37. The molecule has 8 nitrogen and oxygen atoms in total. The number of nitrogens with zero attached hydrogens (tertiary/aromatic N) is 3. The summed E-state index contributed by atoms with van der Waals surface area (Å²) in [7, 11) is 1.57. The minimum atomic E-state index is -3.90. The maximum Gasteiger partial charge on any atom is 0.278 e. The maximum absolute atomic E-state index is 12.5. The van der Waals surface area contributed by atoms with Gasteiger partial charge in [0.2, 0.25) is 0 Å². The number of aliphatic hydroxyl groups is 1. The molecule has 0 radical (unpaired) electrons. The zero-order valence-electron chi connectivity index (χ0n) is 25.4. The van der Waals surface area contributed by atoms with Crippen molar-refractivity contribution in [1.29, 1.82) is 0 Å². The lowest BCUT2D eigenvalue weighted by Gasteiger charge is -2.28. The van der Waals surface area contributed by atoms with E-state index in [0.29, 0.717) is 5.13 Å². The predicted octanol–water partition coefficient (Wildman–Crippen LogP) is 6.93. The Kier molecular flexibility index (Phi) is 10.7. The largest absolute Gasteiger partial charge is 0.505 e. The van der Waals surface area contributed by atoms with Gasteiger partial charge in [-0.25, -0.2) is 13.4 Å². The van der Waals surface area contributed by atoms with Gasteiger partial charge in [-0.3, -0.25) is 14.4 Å². The van der Waals surface area contributed by atoms with Crippen molar-refractivity contribution in [3.8, 4) is 0 Å². The van der Waals surface area contributed by atoms with E-state index in [1.165, 1.54) is 58.3 Å². The quantitative estimate of drug-likeness (QED) is 0.212. The molecule has 0 spiro atoms. The summed E-state index contributed by atoms with van der Waals surface area (Å²) in [6.45, 7) is 2.90. The van der Waals surface area contributed by atoms with Crippen molar-refractivity contribution in [3.63, 3.8) is 0 Å². The number of thiazole rings is 1. The van der Waals surface area contributed by atoms with E-state index in [1.54, 1.807) is 18.3 Å². The summed E-state index contributed by atoms with van der Waals surface area (Å²) >= 11 is 1.25.